The predicted molar refractivity (Wildman–Crippen MR) is 61.7 cm³/mol. The van der Waals surface area contributed by atoms with E-state index in [0.717, 1.165) is 0 Å². The number of aliphatic hydroxyl groups is 2. The van der Waals surface area contributed by atoms with Gasteiger partial charge in [0.05, 0.1) is 0 Å². The summed E-state index contributed by atoms with van der Waals surface area (Å²) in [7, 11) is 0. The molecule has 0 rings (SSSR count). The Kier molecular flexibility index (Phi) is 9.73. The van der Waals surface area contributed by atoms with E-state index in [-0.39, 0.29) is 9.45 Å². The van der Waals surface area contributed by atoms with E-state index in [9.17, 15) is 0 Å². The minimum atomic E-state index is -0.208. The van der Waals surface area contributed by atoms with Crippen LogP contribution >= 0.6 is 0 Å². The van der Waals surface area contributed by atoms with Gasteiger partial charge in [0.15, 0.2) is 0 Å². The van der Waals surface area contributed by atoms with Crippen LogP contribution in [0.25, 0.3) is 0 Å². The third-order valence-electron chi connectivity index (χ3n) is 1.33. The number of aliphatic hydroxyl groups excluding tert-OH is 2. The molecule has 0 saturated heterocycles. The van der Waals surface area contributed by atoms with Crippen molar-refractivity contribution >= 4 is 40.6 Å². The van der Waals surface area contributed by atoms with Gasteiger partial charge in [-0.2, -0.15) is 0 Å². The van der Waals surface area contributed by atoms with Gasteiger partial charge in [-0.05, 0) is 0 Å². The molecule has 0 aliphatic rings. The van der Waals surface area contributed by atoms with Crippen LogP contribution in [0.15, 0.2) is 0 Å². The zero-order valence-electron chi connectivity index (χ0n) is 8.89. The number of rotatable bonds is 3. The predicted octanol–water partition coefficient (Wildman–Crippen LogP) is -0.693. The van der Waals surface area contributed by atoms with Crippen molar-refractivity contribution in [3.05, 3.63) is 0 Å². The zero-order valence-corrected chi connectivity index (χ0v) is 12.3. The fraction of sp³-hybridized carbons (Fsp3) is 0.750. The summed E-state index contributed by atoms with van der Waals surface area (Å²) in [5, 5.41) is 16.8. The molecule has 0 aliphatic carbocycles. The average Bonchev–Trinajstić information content (AvgIpc) is 1.80. The Balaban J connectivity index is 0. The fourth-order valence-corrected chi connectivity index (χ4v) is 1.92. The maximum atomic E-state index is 9.14. The summed E-state index contributed by atoms with van der Waals surface area (Å²) in [6, 6.07) is 0.697. The average molecular weight is 332 g/mol. The molecule has 6 heteroatoms. The first-order chi connectivity index (χ1) is 6.20. The van der Waals surface area contributed by atoms with Gasteiger partial charge in [0.1, 0.15) is 0 Å². The first-order valence-electron chi connectivity index (χ1n) is 4.19. The van der Waals surface area contributed by atoms with E-state index in [4.69, 9.17) is 10.2 Å². The summed E-state index contributed by atoms with van der Waals surface area (Å²) < 4.78 is 0.0741. The van der Waals surface area contributed by atoms with Crippen LogP contribution in [-0.2, 0) is 0 Å². The Hall–Kier alpha value is -0.0210. The molecule has 0 amide bonds. The Morgan fingerprint density at radius 2 is 1.29 bits per heavy atom. The molecule has 0 aromatic heterocycles. The normalized spacial score (nSPS) is 9.29. The Labute approximate surface area is 101 Å². The Morgan fingerprint density at radius 3 is 1.29 bits per heavy atom. The van der Waals surface area contributed by atoms with Gasteiger partial charge in [-0.1, -0.05) is 0 Å². The molecule has 0 aromatic rings. The molecule has 4 nitrogen and oxygen atoms in total. The van der Waals surface area contributed by atoms with Crippen LogP contribution in [0.5, 0.6) is 0 Å². The number of hydrogen-bond acceptors (Lipinski definition) is 4. The van der Waals surface area contributed by atoms with E-state index in [1.165, 1.54) is 0 Å². The van der Waals surface area contributed by atoms with Crippen LogP contribution in [0.2, 0.25) is 0 Å². The Bertz CT molecular complexity index is 184. The van der Waals surface area contributed by atoms with Crippen LogP contribution in [0, 0.1) is 0 Å². The van der Waals surface area contributed by atoms with Crippen molar-refractivity contribution in [3.8, 4) is 0 Å². The zero-order chi connectivity index (χ0) is 11.9. The monoisotopic (exact) mass is 334 g/mol. The standard InChI is InChI=1S/C7H15NOSe.CH3NOSe/c1-5(2)8(6(3)4)7(9)10;2-1(3)4/h5-6H,1-4H3,(H,9,10);(H3,2,3,4). The molecule has 0 saturated carbocycles. The summed E-state index contributed by atoms with van der Waals surface area (Å²) in [6.45, 7) is 8.20. The van der Waals surface area contributed by atoms with Crippen molar-refractivity contribution in [1.29, 1.82) is 0 Å². The molecule has 0 fully saturated rings. The minimum absolute atomic E-state index is 0.208. The van der Waals surface area contributed by atoms with Crippen LogP contribution in [0.1, 0.15) is 27.7 Å². The fourth-order valence-electron chi connectivity index (χ4n) is 1.04. The van der Waals surface area contributed by atoms with Gasteiger partial charge in [0.2, 0.25) is 0 Å². The second kappa shape index (κ2) is 8.30. The molecule has 14 heavy (non-hydrogen) atoms. The van der Waals surface area contributed by atoms with Crippen molar-refractivity contribution < 1.29 is 10.2 Å². The SMILES string of the molecule is CC(C)N(C(O)=[Se])C(C)C.NC(O)=[Se]. The molecular weight excluding hydrogens is 314 g/mol. The molecule has 0 atom stereocenters. The van der Waals surface area contributed by atoms with E-state index in [0.29, 0.717) is 12.1 Å². The number of hydrogen-bond donors (Lipinski definition) is 3. The molecule has 0 radical (unpaired) electrons. The van der Waals surface area contributed by atoms with Gasteiger partial charge >= 0.3 is 101 Å². The van der Waals surface area contributed by atoms with Gasteiger partial charge in [-0.25, -0.2) is 0 Å². The molecule has 0 aliphatic heterocycles. The molecule has 4 N–H and O–H groups in total. The quantitative estimate of drug-likeness (QED) is 0.599. The van der Waals surface area contributed by atoms with Gasteiger partial charge in [-0.15, -0.1) is 0 Å². The summed E-state index contributed by atoms with van der Waals surface area (Å²) >= 11 is 4.75. The van der Waals surface area contributed by atoms with Crippen LogP contribution in [0.4, 0.5) is 0 Å². The third kappa shape index (κ3) is 10.1. The third-order valence-corrected chi connectivity index (χ3v) is 1.78. The van der Waals surface area contributed by atoms with E-state index < -0.39 is 0 Å². The van der Waals surface area contributed by atoms with Crippen LogP contribution in [0.3, 0.4) is 0 Å². The first-order valence-corrected chi connectivity index (χ1v) is 5.91. The van der Waals surface area contributed by atoms with Crippen molar-refractivity contribution in [2.24, 2.45) is 5.73 Å². The van der Waals surface area contributed by atoms with Crippen molar-refractivity contribution in [3.63, 3.8) is 0 Å². The second-order valence-corrected chi connectivity index (χ2v) is 4.86. The maximum absolute atomic E-state index is 9.14. The summed E-state index contributed by atoms with van der Waals surface area (Å²) in [4.78, 5) is 1.92. The topological polar surface area (TPSA) is 69.7 Å². The molecule has 84 valence electrons. The van der Waals surface area contributed by atoms with Gasteiger partial charge in [0, 0.05) is 0 Å². The van der Waals surface area contributed by atoms with Crippen molar-refractivity contribution in [2.75, 3.05) is 0 Å². The van der Waals surface area contributed by atoms with Gasteiger partial charge in [0.25, 0.3) is 0 Å². The van der Waals surface area contributed by atoms with Gasteiger partial charge in [-0.3, -0.25) is 0 Å². The molecular formula is C8H18N2O2Se2. The first kappa shape index (κ1) is 16.4. The van der Waals surface area contributed by atoms with E-state index in [1.807, 2.05) is 32.6 Å². The number of nitrogens with two attached hydrogens (primary N) is 1. The summed E-state index contributed by atoms with van der Waals surface area (Å²) in [6.07, 6.45) is 0. The van der Waals surface area contributed by atoms with E-state index >= 15 is 0 Å². The molecule has 0 aromatic carbocycles. The second-order valence-electron chi connectivity index (χ2n) is 3.22. The molecule has 0 unspecified atom stereocenters. The van der Waals surface area contributed by atoms with Crippen molar-refractivity contribution in [2.45, 2.75) is 39.8 Å². The molecule has 0 spiro atoms. The van der Waals surface area contributed by atoms with Crippen molar-refractivity contribution in [1.82, 2.24) is 4.90 Å². The van der Waals surface area contributed by atoms with E-state index in [2.05, 4.69) is 36.9 Å². The van der Waals surface area contributed by atoms with Crippen LogP contribution in [-0.4, -0.2) is 67.8 Å². The summed E-state index contributed by atoms with van der Waals surface area (Å²) in [5.74, 6) is 0. The molecule has 0 heterocycles. The summed E-state index contributed by atoms with van der Waals surface area (Å²) in [5.41, 5.74) is 4.53. The van der Waals surface area contributed by atoms with Gasteiger partial charge < -0.3 is 0 Å². The van der Waals surface area contributed by atoms with Crippen LogP contribution < -0.4 is 5.73 Å². The number of nitrogens with zero attached hydrogens (tertiary/aromatic N) is 1. The molecule has 0 bridgehead atoms. The Morgan fingerprint density at radius 1 is 1.07 bits per heavy atom. The van der Waals surface area contributed by atoms with E-state index in [1.54, 1.807) is 0 Å².